The van der Waals surface area contributed by atoms with E-state index in [-0.39, 0.29) is 36.0 Å². The average Bonchev–Trinajstić information content (AvgIpc) is 2.63. The van der Waals surface area contributed by atoms with Gasteiger partial charge in [0.15, 0.2) is 0 Å². The van der Waals surface area contributed by atoms with Gasteiger partial charge in [-0.05, 0) is 52.2 Å². The van der Waals surface area contributed by atoms with Gasteiger partial charge in [-0.25, -0.2) is 17.5 Å². The summed E-state index contributed by atoms with van der Waals surface area (Å²) in [5.41, 5.74) is 0.675. The number of sulfonamides is 1. The predicted octanol–water partition coefficient (Wildman–Crippen LogP) is 2.49. The minimum absolute atomic E-state index is 0.0268. The Morgan fingerprint density at radius 1 is 1.19 bits per heavy atom. The lowest BCUT2D eigenvalue weighted by Crippen LogP contribution is -2.29. The molecule has 0 aromatic heterocycles. The molecule has 9 heteroatoms. The van der Waals surface area contributed by atoms with Crippen LogP contribution in [-0.4, -0.2) is 41.1 Å². The van der Waals surface area contributed by atoms with Crippen LogP contribution in [0.4, 0.5) is 4.39 Å². The summed E-state index contributed by atoms with van der Waals surface area (Å²) in [6.07, 6.45) is 0.326. The highest BCUT2D eigenvalue weighted by atomic mass is 79.9. The quantitative estimate of drug-likeness (QED) is 0.565. The first-order valence-corrected chi connectivity index (χ1v) is 10.4. The summed E-state index contributed by atoms with van der Waals surface area (Å²) < 4.78 is 45.8. The van der Waals surface area contributed by atoms with Crippen molar-refractivity contribution in [2.75, 3.05) is 26.8 Å². The van der Waals surface area contributed by atoms with E-state index in [9.17, 15) is 17.6 Å². The molecule has 0 heterocycles. The van der Waals surface area contributed by atoms with Crippen molar-refractivity contribution in [3.05, 3.63) is 63.9 Å². The lowest BCUT2D eigenvalue weighted by Gasteiger charge is -2.11. The molecule has 0 aliphatic rings. The van der Waals surface area contributed by atoms with Crippen molar-refractivity contribution in [3.8, 4) is 0 Å². The van der Waals surface area contributed by atoms with E-state index in [0.29, 0.717) is 16.5 Å². The normalized spacial score (nSPS) is 11.4. The topological polar surface area (TPSA) is 84.5 Å². The highest BCUT2D eigenvalue weighted by Gasteiger charge is 2.18. The Labute approximate surface area is 166 Å². The molecular weight excluding hydrogens is 439 g/mol. The zero-order valence-corrected chi connectivity index (χ0v) is 17.1. The smallest absolute Gasteiger partial charge is 0.252 e. The van der Waals surface area contributed by atoms with Gasteiger partial charge in [0.1, 0.15) is 5.82 Å². The fourth-order valence-electron chi connectivity index (χ4n) is 2.31. The monoisotopic (exact) mass is 458 g/mol. The maximum Gasteiger partial charge on any atom is 0.252 e. The van der Waals surface area contributed by atoms with Gasteiger partial charge in [0.25, 0.3) is 5.91 Å². The second-order valence-electron chi connectivity index (χ2n) is 5.63. The Hall–Kier alpha value is -1.81. The van der Waals surface area contributed by atoms with Gasteiger partial charge in [-0.15, -0.1) is 0 Å². The number of ether oxygens (including phenoxy) is 1. The van der Waals surface area contributed by atoms with E-state index in [2.05, 4.69) is 26.0 Å². The van der Waals surface area contributed by atoms with Crippen LogP contribution in [0, 0.1) is 5.82 Å². The first-order valence-electron chi connectivity index (χ1n) is 8.15. The molecule has 0 saturated carbocycles. The Bertz CT molecular complexity index is 906. The molecule has 0 unspecified atom stereocenters. The van der Waals surface area contributed by atoms with E-state index in [1.54, 1.807) is 18.2 Å². The summed E-state index contributed by atoms with van der Waals surface area (Å²) in [5, 5.41) is 2.68. The molecule has 0 saturated heterocycles. The van der Waals surface area contributed by atoms with Crippen LogP contribution in [0.2, 0.25) is 0 Å². The third-order valence-corrected chi connectivity index (χ3v) is 5.88. The number of hydrogen-bond donors (Lipinski definition) is 2. The first-order chi connectivity index (χ1) is 12.8. The van der Waals surface area contributed by atoms with Crippen LogP contribution in [0.5, 0.6) is 0 Å². The second-order valence-corrected chi connectivity index (χ2v) is 8.25. The lowest BCUT2D eigenvalue weighted by atomic mass is 10.1. The third-order valence-electron chi connectivity index (χ3n) is 3.73. The predicted molar refractivity (Wildman–Crippen MR) is 104 cm³/mol. The molecule has 6 nitrogen and oxygen atoms in total. The zero-order chi connectivity index (χ0) is 19.9. The second kappa shape index (κ2) is 9.93. The fourth-order valence-corrected chi connectivity index (χ4v) is 3.78. The van der Waals surface area contributed by atoms with Crippen molar-refractivity contribution in [3.63, 3.8) is 0 Å². The van der Waals surface area contributed by atoms with E-state index in [1.807, 2.05) is 0 Å². The SMILES string of the molecule is COCCNS(=O)(=O)c1ccc(Br)c(C(=O)NCCc2ccccc2F)c1. The van der Waals surface area contributed by atoms with Gasteiger partial charge in [0, 0.05) is 24.7 Å². The van der Waals surface area contributed by atoms with Crippen molar-refractivity contribution in [1.82, 2.24) is 10.0 Å². The van der Waals surface area contributed by atoms with Gasteiger partial charge in [-0.1, -0.05) is 18.2 Å². The molecule has 0 bridgehead atoms. The number of methoxy groups -OCH3 is 1. The van der Waals surface area contributed by atoms with E-state index in [4.69, 9.17) is 4.74 Å². The van der Waals surface area contributed by atoms with Crippen molar-refractivity contribution in [2.24, 2.45) is 0 Å². The Morgan fingerprint density at radius 3 is 2.63 bits per heavy atom. The minimum Gasteiger partial charge on any atom is -0.383 e. The number of hydrogen-bond acceptors (Lipinski definition) is 4. The van der Waals surface area contributed by atoms with Crippen LogP contribution in [-0.2, 0) is 21.2 Å². The number of rotatable bonds is 9. The van der Waals surface area contributed by atoms with Gasteiger partial charge in [0.2, 0.25) is 10.0 Å². The first kappa shape index (κ1) is 21.5. The molecule has 27 heavy (non-hydrogen) atoms. The summed E-state index contributed by atoms with van der Waals surface area (Å²) in [5.74, 6) is -0.782. The number of nitrogens with one attached hydrogen (secondary N) is 2. The Morgan fingerprint density at radius 2 is 1.93 bits per heavy atom. The number of benzene rings is 2. The summed E-state index contributed by atoms with van der Waals surface area (Å²) >= 11 is 3.25. The van der Waals surface area contributed by atoms with E-state index in [1.165, 1.54) is 31.4 Å². The zero-order valence-electron chi connectivity index (χ0n) is 14.7. The van der Waals surface area contributed by atoms with Crippen LogP contribution in [0.1, 0.15) is 15.9 Å². The molecule has 146 valence electrons. The maximum absolute atomic E-state index is 13.6. The molecule has 0 atom stereocenters. The number of amides is 1. The summed E-state index contributed by atoms with van der Waals surface area (Å²) in [4.78, 5) is 12.4. The van der Waals surface area contributed by atoms with Gasteiger partial charge in [-0.2, -0.15) is 0 Å². The maximum atomic E-state index is 13.6. The molecule has 2 rings (SSSR count). The molecule has 2 aromatic rings. The van der Waals surface area contributed by atoms with Gasteiger partial charge in [-0.3, -0.25) is 4.79 Å². The fraction of sp³-hybridized carbons (Fsp3) is 0.278. The minimum atomic E-state index is -3.75. The number of carbonyl (C=O) groups excluding carboxylic acids is 1. The highest BCUT2D eigenvalue weighted by molar-refractivity contribution is 9.10. The summed E-state index contributed by atoms with van der Waals surface area (Å²) in [7, 11) is -2.28. The summed E-state index contributed by atoms with van der Waals surface area (Å²) in [6, 6.07) is 10.5. The van der Waals surface area contributed by atoms with E-state index in [0.717, 1.165) is 0 Å². The molecule has 0 spiro atoms. The molecule has 0 aliphatic heterocycles. The van der Waals surface area contributed by atoms with E-state index < -0.39 is 15.9 Å². The lowest BCUT2D eigenvalue weighted by molar-refractivity contribution is 0.0953. The van der Waals surface area contributed by atoms with Crippen LogP contribution in [0.25, 0.3) is 0 Å². The van der Waals surface area contributed by atoms with E-state index >= 15 is 0 Å². The van der Waals surface area contributed by atoms with Gasteiger partial charge in [0.05, 0.1) is 17.1 Å². The largest absolute Gasteiger partial charge is 0.383 e. The van der Waals surface area contributed by atoms with Crippen molar-refractivity contribution >= 4 is 31.9 Å². The standard InChI is InChI=1S/C18H20BrFN2O4S/c1-26-11-10-22-27(24,25)14-6-7-16(19)15(12-14)18(23)21-9-8-13-4-2-3-5-17(13)20/h2-7,12,22H,8-11H2,1H3,(H,21,23). The molecule has 0 fully saturated rings. The Kier molecular flexibility index (Phi) is 7.91. The number of halogens is 2. The third kappa shape index (κ3) is 6.10. The Balaban J connectivity index is 2.06. The molecule has 2 N–H and O–H groups in total. The van der Waals surface area contributed by atoms with Crippen LogP contribution in [0.3, 0.4) is 0 Å². The highest BCUT2D eigenvalue weighted by Crippen LogP contribution is 2.21. The molecular formula is C18H20BrFN2O4S. The molecule has 0 radical (unpaired) electrons. The van der Waals surface area contributed by atoms with Crippen LogP contribution >= 0.6 is 15.9 Å². The van der Waals surface area contributed by atoms with Gasteiger partial charge >= 0.3 is 0 Å². The average molecular weight is 459 g/mol. The molecule has 0 aliphatic carbocycles. The molecule has 2 aromatic carbocycles. The molecule has 1 amide bonds. The van der Waals surface area contributed by atoms with Gasteiger partial charge < -0.3 is 10.1 Å². The van der Waals surface area contributed by atoms with Crippen molar-refractivity contribution in [2.45, 2.75) is 11.3 Å². The van der Waals surface area contributed by atoms with Crippen LogP contribution in [0.15, 0.2) is 51.8 Å². The van der Waals surface area contributed by atoms with Crippen LogP contribution < -0.4 is 10.0 Å². The van der Waals surface area contributed by atoms with Crippen molar-refractivity contribution in [1.29, 1.82) is 0 Å². The summed E-state index contributed by atoms with van der Waals surface area (Å²) in [6.45, 7) is 0.577. The number of carbonyl (C=O) groups is 1. The van der Waals surface area contributed by atoms with Crippen molar-refractivity contribution < 1.29 is 22.3 Å².